The Balaban J connectivity index is 0. The first-order valence-electron chi connectivity index (χ1n) is 8.77. The Morgan fingerprint density at radius 1 is 0.550 bits per heavy atom. The summed E-state index contributed by atoms with van der Waals surface area (Å²) < 4.78 is 10.7. The lowest BCUT2D eigenvalue weighted by Crippen LogP contribution is -2.08. The molecule has 0 aliphatic rings. The molecule has 0 N–H and O–H groups in total. The summed E-state index contributed by atoms with van der Waals surface area (Å²) in [7, 11) is 0. The van der Waals surface area contributed by atoms with Crippen molar-refractivity contribution in [3.8, 4) is 0 Å². The van der Waals surface area contributed by atoms with E-state index in [-0.39, 0.29) is 0 Å². The van der Waals surface area contributed by atoms with Gasteiger partial charge < -0.3 is 9.31 Å². The second-order valence-corrected chi connectivity index (χ2v) is 5.96. The predicted molar refractivity (Wildman–Crippen MR) is 95.2 cm³/mol. The lowest BCUT2D eigenvalue weighted by Gasteiger charge is -2.04. The SMILES string of the molecule is CCCCCCCCOB(C)C.CCCCOB(C)C. The molecular formula is C16H38B2O2. The Hall–Kier alpha value is 0.0499. The third kappa shape index (κ3) is 26.6. The van der Waals surface area contributed by atoms with Crippen molar-refractivity contribution in [1.82, 2.24) is 0 Å². The highest BCUT2D eigenvalue weighted by atomic mass is 16.4. The third-order valence-corrected chi connectivity index (χ3v) is 2.90. The highest BCUT2D eigenvalue weighted by molar-refractivity contribution is 6.48. The maximum absolute atomic E-state index is 5.45. The fourth-order valence-corrected chi connectivity index (χ4v) is 1.66. The van der Waals surface area contributed by atoms with Crippen molar-refractivity contribution in [3.05, 3.63) is 0 Å². The number of hydrogen-bond donors (Lipinski definition) is 0. The molecule has 0 radical (unpaired) electrons. The lowest BCUT2D eigenvalue weighted by molar-refractivity contribution is 0.312. The number of unbranched alkanes of at least 4 members (excludes halogenated alkanes) is 6. The molecule has 0 atom stereocenters. The zero-order valence-electron chi connectivity index (χ0n) is 15.0. The third-order valence-electron chi connectivity index (χ3n) is 2.90. The molecule has 2 nitrogen and oxygen atoms in total. The normalized spacial score (nSPS) is 9.90. The van der Waals surface area contributed by atoms with E-state index >= 15 is 0 Å². The Morgan fingerprint density at radius 2 is 0.950 bits per heavy atom. The zero-order valence-corrected chi connectivity index (χ0v) is 15.0. The summed E-state index contributed by atoms with van der Waals surface area (Å²) in [6.45, 7) is 15.4. The standard InChI is InChI=1S/C10H23BO.C6H15BO/c1-4-5-6-7-8-9-10-12-11(2)3;1-4-5-6-8-7(2)3/h4-10H2,1-3H3;4-6H2,1-3H3. The van der Waals surface area contributed by atoms with Crippen LogP contribution in [0.3, 0.4) is 0 Å². The van der Waals surface area contributed by atoms with Gasteiger partial charge in [-0.2, -0.15) is 0 Å². The molecule has 0 saturated heterocycles. The van der Waals surface area contributed by atoms with Crippen LogP contribution < -0.4 is 0 Å². The highest BCUT2D eigenvalue weighted by Crippen LogP contribution is 2.05. The largest absolute Gasteiger partial charge is 0.436 e. The van der Waals surface area contributed by atoms with Crippen LogP contribution in [-0.2, 0) is 9.31 Å². The molecule has 20 heavy (non-hydrogen) atoms. The van der Waals surface area contributed by atoms with E-state index in [4.69, 9.17) is 9.31 Å². The van der Waals surface area contributed by atoms with Crippen LogP contribution in [0.4, 0.5) is 0 Å². The first kappa shape index (κ1) is 22.3. The first-order chi connectivity index (χ1) is 9.54. The second kappa shape index (κ2) is 19.0. The Bertz CT molecular complexity index is 165. The van der Waals surface area contributed by atoms with Crippen molar-refractivity contribution in [2.24, 2.45) is 0 Å². The molecule has 0 aliphatic carbocycles. The molecule has 0 aromatic rings. The van der Waals surface area contributed by atoms with Gasteiger partial charge in [0.15, 0.2) is 0 Å². The first-order valence-corrected chi connectivity index (χ1v) is 8.77. The summed E-state index contributed by atoms with van der Waals surface area (Å²) in [5.41, 5.74) is 0. The van der Waals surface area contributed by atoms with E-state index in [1.165, 1.54) is 51.4 Å². The molecule has 0 unspecified atom stereocenters. The predicted octanol–water partition coefficient (Wildman–Crippen LogP) is 5.67. The highest BCUT2D eigenvalue weighted by Gasteiger charge is 1.97. The molecule has 0 rings (SSSR count). The molecule has 0 heterocycles. The molecule has 0 spiro atoms. The number of rotatable bonds is 12. The molecule has 0 amide bonds. The van der Waals surface area contributed by atoms with E-state index in [9.17, 15) is 0 Å². The van der Waals surface area contributed by atoms with E-state index in [1.54, 1.807) is 0 Å². The van der Waals surface area contributed by atoms with E-state index in [0.29, 0.717) is 13.8 Å². The van der Waals surface area contributed by atoms with Crippen LogP contribution in [0.5, 0.6) is 0 Å². The summed E-state index contributed by atoms with van der Waals surface area (Å²) >= 11 is 0. The van der Waals surface area contributed by atoms with Crippen LogP contribution in [0, 0.1) is 0 Å². The summed E-state index contributed by atoms with van der Waals surface area (Å²) in [5, 5.41) is 0. The molecule has 0 aromatic carbocycles. The van der Waals surface area contributed by atoms with Gasteiger partial charge in [0.25, 0.3) is 13.8 Å². The fourth-order valence-electron chi connectivity index (χ4n) is 1.66. The van der Waals surface area contributed by atoms with Crippen LogP contribution in [0.25, 0.3) is 0 Å². The van der Waals surface area contributed by atoms with Crippen molar-refractivity contribution in [2.45, 2.75) is 92.5 Å². The minimum atomic E-state index is 0.403. The second-order valence-electron chi connectivity index (χ2n) is 5.96. The van der Waals surface area contributed by atoms with Crippen LogP contribution in [0.2, 0.25) is 27.3 Å². The van der Waals surface area contributed by atoms with Crippen LogP contribution >= 0.6 is 0 Å². The lowest BCUT2D eigenvalue weighted by atomic mass is 9.75. The Kier molecular flexibility index (Phi) is 21.3. The van der Waals surface area contributed by atoms with Crippen molar-refractivity contribution >= 4 is 13.8 Å². The molecule has 0 fully saturated rings. The van der Waals surface area contributed by atoms with Crippen molar-refractivity contribution in [2.75, 3.05) is 13.2 Å². The maximum Gasteiger partial charge on any atom is 0.286 e. The summed E-state index contributed by atoms with van der Waals surface area (Å²) in [4.78, 5) is 0. The summed E-state index contributed by atoms with van der Waals surface area (Å²) in [6.07, 6.45) is 10.5. The molecule has 0 bridgehead atoms. The van der Waals surface area contributed by atoms with Crippen molar-refractivity contribution in [1.29, 1.82) is 0 Å². The van der Waals surface area contributed by atoms with Crippen molar-refractivity contribution < 1.29 is 9.31 Å². The van der Waals surface area contributed by atoms with E-state index in [2.05, 4.69) is 41.1 Å². The van der Waals surface area contributed by atoms with Crippen LogP contribution in [0.15, 0.2) is 0 Å². The molecule has 4 heteroatoms. The van der Waals surface area contributed by atoms with Gasteiger partial charge in [-0.1, -0.05) is 79.7 Å². The topological polar surface area (TPSA) is 18.5 Å². The average Bonchev–Trinajstić information content (AvgIpc) is 2.38. The molecule has 120 valence electrons. The molecular weight excluding hydrogens is 246 g/mol. The maximum atomic E-state index is 5.45. The number of hydrogen-bond acceptors (Lipinski definition) is 2. The van der Waals surface area contributed by atoms with Gasteiger partial charge in [-0.05, 0) is 12.8 Å². The minimum absolute atomic E-state index is 0.403. The monoisotopic (exact) mass is 284 g/mol. The minimum Gasteiger partial charge on any atom is -0.436 e. The van der Waals surface area contributed by atoms with Gasteiger partial charge in [-0.3, -0.25) is 0 Å². The van der Waals surface area contributed by atoms with E-state index < -0.39 is 0 Å². The van der Waals surface area contributed by atoms with Gasteiger partial charge in [-0.25, -0.2) is 0 Å². The van der Waals surface area contributed by atoms with Gasteiger partial charge in [-0.15, -0.1) is 0 Å². The quantitative estimate of drug-likeness (QED) is 0.339. The van der Waals surface area contributed by atoms with Crippen LogP contribution in [0.1, 0.15) is 65.2 Å². The van der Waals surface area contributed by atoms with Crippen molar-refractivity contribution in [3.63, 3.8) is 0 Å². The van der Waals surface area contributed by atoms with Gasteiger partial charge in [0.05, 0.1) is 0 Å². The summed E-state index contributed by atoms with van der Waals surface area (Å²) in [5.74, 6) is 0. The van der Waals surface area contributed by atoms with E-state index in [0.717, 1.165) is 13.2 Å². The average molecular weight is 284 g/mol. The fraction of sp³-hybridized carbons (Fsp3) is 1.00. The molecule has 0 aliphatic heterocycles. The zero-order chi connectivity index (χ0) is 15.6. The Morgan fingerprint density at radius 3 is 1.40 bits per heavy atom. The van der Waals surface area contributed by atoms with Gasteiger partial charge in [0.2, 0.25) is 0 Å². The van der Waals surface area contributed by atoms with Gasteiger partial charge >= 0.3 is 0 Å². The van der Waals surface area contributed by atoms with Crippen LogP contribution in [-0.4, -0.2) is 27.0 Å². The Labute approximate surface area is 129 Å². The molecule has 0 aromatic heterocycles. The van der Waals surface area contributed by atoms with Gasteiger partial charge in [0, 0.05) is 13.2 Å². The van der Waals surface area contributed by atoms with Gasteiger partial charge in [0.1, 0.15) is 0 Å². The smallest absolute Gasteiger partial charge is 0.286 e. The molecule has 0 saturated carbocycles. The summed E-state index contributed by atoms with van der Waals surface area (Å²) in [6, 6.07) is 0. The van der Waals surface area contributed by atoms with E-state index in [1.807, 2.05) is 0 Å².